The Morgan fingerprint density at radius 2 is 1.95 bits per heavy atom. The van der Waals surface area contributed by atoms with E-state index in [1.165, 1.54) is 0 Å². The van der Waals surface area contributed by atoms with Crippen molar-refractivity contribution in [3.05, 3.63) is 11.6 Å². The summed E-state index contributed by atoms with van der Waals surface area (Å²) in [5.41, 5.74) is 0. The molecule has 0 unspecified atom stereocenters. The highest BCUT2D eigenvalue weighted by Gasteiger charge is 2.25. The maximum Gasteiger partial charge on any atom is 0.389 e. The number of nitrogens with zero attached hydrogens (tertiary/aromatic N) is 4. The van der Waals surface area contributed by atoms with Crippen LogP contribution in [0, 0.1) is 6.92 Å². The Kier molecular flexibility index (Phi) is 7.13. The minimum atomic E-state index is -4.08. The fourth-order valence-electron chi connectivity index (χ4n) is 1.74. The van der Waals surface area contributed by atoms with E-state index < -0.39 is 12.6 Å². The Balaban J connectivity index is 2.41. The van der Waals surface area contributed by atoms with Crippen LogP contribution in [0.4, 0.5) is 13.2 Å². The summed E-state index contributed by atoms with van der Waals surface area (Å²) in [5.74, 6) is 2.09. The van der Waals surface area contributed by atoms with E-state index >= 15 is 0 Å². The van der Waals surface area contributed by atoms with Gasteiger partial charge in [-0.2, -0.15) is 13.2 Å². The Labute approximate surface area is 128 Å². The molecule has 126 valence electrons. The molecule has 0 fully saturated rings. The Hall–Kier alpha value is -1.80. The molecule has 0 spiro atoms. The van der Waals surface area contributed by atoms with Crippen LogP contribution in [0.25, 0.3) is 0 Å². The standard InChI is InChI=1S/C13H23F3N6/c1-4-17-12(18-8-6-5-7-13(14,15)16)19-9-11-21-20-10(2)22(11)3/h4-9H2,1-3H3,(H2,17,18,19). The molecule has 0 amide bonds. The molecule has 0 radical (unpaired) electrons. The molecule has 22 heavy (non-hydrogen) atoms. The van der Waals surface area contributed by atoms with Crippen molar-refractivity contribution in [3.63, 3.8) is 0 Å². The molecule has 0 aliphatic heterocycles. The van der Waals surface area contributed by atoms with Crippen molar-refractivity contribution in [1.29, 1.82) is 0 Å². The number of aryl methyl sites for hydroxylation is 1. The summed E-state index contributed by atoms with van der Waals surface area (Å²) < 4.78 is 38.0. The molecule has 1 heterocycles. The zero-order valence-electron chi connectivity index (χ0n) is 13.2. The van der Waals surface area contributed by atoms with Crippen molar-refractivity contribution in [1.82, 2.24) is 25.4 Å². The van der Waals surface area contributed by atoms with Gasteiger partial charge in [0.05, 0.1) is 0 Å². The van der Waals surface area contributed by atoms with Crippen LogP contribution in [-0.4, -0.2) is 40.0 Å². The first-order chi connectivity index (χ1) is 10.3. The number of hydrogen-bond donors (Lipinski definition) is 2. The molecule has 0 bridgehead atoms. The maximum absolute atomic E-state index is 12.0. The van der Waals surface area contributed by atoms with Gasteiger partial charge in [0.2, 0.25) is 0 Å². The zero-order chi connectivity index (χ0) is 16.6. The first-order valence-electron chi connectivity index (χ1n) is 7.27. The minimum Gasteiger partial charge on any atom is -0.357 e. The van der Waals surface area contributed by atoms with Crippen molar-refractivity contribution in [2.75, 3.05) is 13.1 Å². The molecule has 9 heteroatoms. The normalized spacial score (nSPS) is 12.5. The fraction of sp³-hybridized carbons (Fsp3) is 0.769. The monoisotopic (exact) mass is 320 g/mol. The molecule has 1 rings (SSSR count). The van der Waals surface area contributed by atoms with E-state index in [-0.39, 0.29) is 6.42 Å². The van der Waals surface area contributed by atoms with Crippen molar-refractivity contribution >= 4 is 5.96 Å². The zero-order valence-corrected chi connectivity index (χ0v) is 13.2. The number of nitrogens with one attached hydrogen (secondary N) is 2. The van der Waals surface area contributed by atoms with Crippen LogP contribution in [-0.2, 0) is 13.6 Å². The van der Waals surface area contributed by atoms with E-state index in [2.05, 4.69) is 25.8 Å². The van der Waals surface area contributed by atoms with Gasteiger partial charge in [-0.05, 0) is 26.7 Å². The van der Waals surface area contributed by atoms with Gasteiger partial charge in [-0.1, -0.05) is 0 Å². The number of unbranched alkanes of at least 4 members (excludes halogenated alkanes) is 1. The molecular weight excluding hydrogens is 297 g/mol. The minimum absolute atomic E-state index is 0.110. The van der Waals surface area contributed by atoms with Gasteiger partial charge >= 0.3 is 6.18 Å². The molecule has 1 aromatic heterocycles. The summed E-state index contributed by atoms with van der Waals surface area (Å²) >= 11 is 0. The van der Waals surface area contributed by atoms with Crippen LogP contribution in [0.1, 0.15) is 37.8 Å². The van der Waals surface area contributed by atoms with Crippen molar-refractivity contribution in [2.45, 2.75) is 45.8 Å². The van der Waals surface area contributed by atoms with Gasteiger partial charge in [0.25, 0.3) is 0 Å². The average molecular weight is 320 g/mol. The van der Waals surface area contributed by atoms with Crippen LogP contribution in [0.3, 0.4) is 0 Å². The fourth-order valence-corrected chi connectivity index (χ4v) is 1.74. The quantitative estimate of drug-likeness (QED) is 0.457. The number of halogens is 3. The van der Waals surface area contributed by atoms with Crippen LogP contribution in [0.5, 0.6) is 0 Å². The average Bonchev–Trinajstić information content (AvgIpc) is 2.74. The van der Waals surface area contributed by atoms with E-state index in [1.54, 1.807) is 0 Å². The summed E-state index contributed by atoms with van der Waals surface area (Å²) in [6.45, 7) is 5.25. The molecule has 1 aromatic rings. The van der Waals surface area contributed by atoms with Crippen molar-refractivity contribution in [2.24, 2.45) is 12.0 Å². The largest absolute Gasteiger partial charge is 0.389 e. The van der Waals surface area contributed by atoms with E-state index in [0.29, 0.717) is 32.0 Å². The lowest BCUT2D eigenvalue weighted by atomic mass is 10.2. The SMILES string of the molecule is CCNC(=NCc1nnc(C)n1C)NCCCCC(F)(F)F. The molecular formula is C13H23F3N6. The Morgan fingerprint density at radius 1 is 1.23 bits per heavy atom. The van der Waals surface area contributed by atoms with Gasteiger partial charge in [0, 0.05) is 26.6 Å². The highest BCUT2D eigenvalue weighted by atomic mass is 19.4. The number of guanidine groups is 1. The molecule has 0 aliphatic carbocycles. The van der Waals surface area contributed by atoms with E-state index in [1.807, 2.05) is 25.5 Å². The van der Waals surface area contributed by atoms with Gasteiger partial charge in [-0.3, -0.25) is 0 Å². The predicted octanol–water partition coefficient (Wildman–Crippen LogP) is 1.91. The highest BCUT2D eigenvalue weighted by Crippen LogP contribution is 2.21. The van der Waals surface area contributed by atoms with Crippen LogP contribution in [0.2, 0.25) is 0 Å². The summed E-state index contributed by atoms with van der Waals surface area (Å²) in [4.78, 5) is 4.35. The molecule has 0 aliphatic rings. The number of aromatic nitrogens is 3. The number of rotatable bonds is 7. The number of aliphatic imine (C=N–C) groups is 1. The lowest BCUT2D eigenvalue weighted by Gasteiger charge is -2.11. The van der Waals surface area contributed by atoms with Crippen LogP contribution < -0.4 is 10.6 Å². The molecule has 0 aromatic carbocycles. The second kappa shape index (κ2) is 8.60. The molecule has 0 saturated carbocycles. The topological polar surface area (TPSA) is 67.1 Å². The van der Waals surface area contributed by atoms with Gasteiger partial charge in [-0.25, -0.2) is 4.99 Å². The lowest BCUT2D eigenvalue weighted by Crippen LogP contribution is -2.37. The second-order valence-corrected chi connectivity index (χ2v) is 4.92. The van der Waals surface area contributed by atoms with Gasteiger partial charge in [0.15, 0.2) is 11.8 Å². The maximum atomic E-state index is 12.0. The highest BCUT2D eigenvalue weighted by molar-refractivity contribution is 5.79. The van der Waals surface area contributed by atoms with Crippen LogP contribution in [0.15, 0.2) is 4.99 Å². The summed E-state index contributed by atoms with van der Waals surface area (Å²) in [7, 11) is 1.86. The third-order valence-corrected chi connectivity index (χ3v) is 3.09. The Morgan fingerprint density at radius 3 is 2.50 bits per heavy atom. The first kappa shape index (κ1) is 18.2. The summed E-state index contributed by atoms with van der Waals surface area (Å²) in [5, 5.41) is 14.0. The third-order valence-electron chi connectivity index (χ3n) is 3.09. The third kappa shape index (κ3) is 6.77. The molecule has 2 N–H and O–H groups in total. The van der Waals surface area contributed by atoms with Gasteiger partial charge < -0.3 is 15.2 Å². The van der Waals surface area contributed by atoms with Gasteiger partial charge in [0.1, 0.15) is 12.4 Å². The van der Waals surface area contributed by atoms with E-state index in [4.69, 9.17) is 0 Å². The van der Waals surface area contributed by atoms with E-state index in [0.717, 1.165) is 11.6 Å². The van der Waals surface area contributed by atoms with Gasteiger partial charge in [-0.15, -0.1) is 10.2 Å². The van der Waals surface area contributed by atoms with Crippen LogP contribution >= 0.6 is 0 Å². The van der Waals surface area contributed by atoms with Crippen molar-refractivity contribution in [3.8, 4) is 0 Å². The summed E-state index contributed by atoms with van der Waals surface area (Å²) in [6, 6.07) is 0. The predicted molar refractivity (Wildman–Crippen MR) is 78.5 cm³/mol. The first-order valence-corrected chi connectivity index (χ1v) is 7.27. The molecule has 0 saturated heterocycles. The lowest BCUT2D eigenvalue weighted by molar-refractivity contribution is -0.135. The summed E-state index contributed by atoms with van der Waals surface area (Å²) in [6.07, 6.45) is -4.28. The van der Waals surface area contributed by atoms with E-state index in [9.17, 15) is 13.2 Å². The number of hydrogen-bond acceptors (Lipinski definition) is 3. The molecule has 0 atom stereocenters. The van der Waals surface area contributed by atoms with Crippen molar-refractivity contribution < 1.29 is 13.2 Å². The smallest absolute Gasteiger partial charge is 0.357 e. The second-order valence-electron chi connectivity index (χ2n) is 4.92. The number of alkyl halides is 3. The Bertz CT molecular complexity index is 481. The molecule has 6 nitrogen and oxygen atoms in total.